The first-order valence-corrected chi connectivity index (χ1v) is 6.23. The Kier molecular flexibility index (Phi) is 4.96. The first-order chi connectivity index (χ1) is 7.21. The zero-order valence-electron chi connectivity index (χ0n) is 9.84. The Balaban J connectivity index is 2.72. The van der Waals surface area contributed by atoms with E-state index in [4.69, 9.17) is 15.2 Å². The second-order valence-electron chi connectivity index (χ2n) is 3.78. The van der Waals surface area contributed by atoms with Crippen molar-refractivity contribution in [1.82, 2.24) is 0 Å². The fourth-order valence-corrected chi connectivity index (χ4v) is 3.22. The Morgan fingerprint density at radius 3 is 2.67 bits per heavy atom. The summed E-state index contributed by atoms with van der Waals surface area (Å²) >= 11 is 1.69. The van der Waals surface area contributed by atoms with Gasteiger partial charge < -0.3 is 15.2 Å². The highest BCUT2D eigenvalue weighted by Crippen LogP contribution is 2.49. The average molecular weight is 231 g/mol. The SMILES string of the molecule is CCCC1=C(OC)S[C@](CCN)(OC)C1. The van der Waals surface area contributed by atoms with Crippen LogP contribution in [-0.2, 0) is 9.47 Å². The van der Waals surface area contributed by atoms with E-state index in [9.17, 15) is 0 Å². The van der Waals surface area contributed by atoms with Crippen LogP contribution in [0.15, 0.2) is 10.7 Å². The summed E-state index contributed by atoms with van der Waals surface area (Å²) in [5.41, 5.74) is 7.00. The second-order valence-corrected chi connectivity index (χ2v) is 5.10. The Labute approximate surface area is 96.4 Å². The molecule has 0 aromatic heterocycles. The number of methoxy groups -OCH3 is 2. The van der Waals surface area contributed by atoms with E-state index < -0.39 is 0 Å². The third-order valence-corrected chi connectivity index (χ3v) is 4.21. The topological polar surface area (TPSA) is 44.5 Å². The third kappa shape index (κ3) is 2.89. The number of nitrogens with two attached hydrogens (primary N) is 1. The first kappa shape index (κ1) is 12.9. The minimum Gasteiger partial charge on any atom is -0.490 e. The predicted molar refractivity (Wildman–Crippen MR) is 64.6 cm³/mol. The van der Waals surface area contributed by atoms with Gasteiger partial charge in [-0.2, -0.15) is 0 Å². The standard InChI is InChI=1S/C11H21NO2S/c1-4-5-9-8-11(14-3,6-7-12)15-10(9)13-2/h4-8,12H2,1-3H3/t11-/m0/s1. The van der Waals surface area contributed by atoms with Gasteiger partial charge >= 0.3 is 0 Å². The zero-order valence-corrected chi connectivity index (χ0v) is 10.7. The van der Waals surface area contributed by atoms with E-state index in [1.54, 1.807) is 26.0 Å². The molecule has 0 saturated heterocycles. The van der Waals surface area contributed by atoms with Crippen LogP contribution in [-0.4, -0.2) is 25.7 Å². The molecular weight excluding hydrogens is 210 g/mol. The van der Waals surface area contributed by atoms with Gasteiger partial charge in [-0.15, -0.1) is 0 Å². The monoisotopic (exact) mass is 231 g/mol. The molecule has 3 nitrogen and oxygen atoms in total. The molecule has 1 aliphatic heterocycles. The molecular formula is C11H21NO2S. The van der Waals surface area contributed by atoms with Crippen LogP contribution in [0.25, 0.3) is 0 Å². The van der Waals surface area contributed by atoms with Crippen LogP contribution in [0.4, 0.5) is 0 Å². The normalized spacial score (nSPS) is 26.1. The lowest BCUT2D eigenvalue weighted by molar-refractivity contribution is 0.0683. The van der Waals surface area contributed by atoms with Crippen molar-refractivity contribution < 1.29 is 9.47 Å². The van der Waals surface area contributed by atoms with Crippen LogP contribution in [0.3, 0.4) is 0 Å². The Morgan fingerprint density at radius 1 is 1.47 bits per heavy atom. The van der Waals surface area contributed by atoms with Gasteiger partial charge in [-0.1, -0.05) is 25.1 Å². The predicted octanol–water partition coefficient (Wildman–Crippen LogP) is 2.47. The highest BCUT2D eigenvalue weighted by molar-refractivity contribution is 8.04. The van der Waals surface area contributed by atoms with Gasteiger partial charge in [0, 0.05) is 13.5 Å². The quantitative estimate of drug-likeness (QED) is 0.762. The van der Waals surface area contributed by atoms with Gasteiger partial charge in [0.1, 0.15) is 4.93 Å². The minimum atomic E-state index is -0.176. The van der Waals surface area contributed by atoms with Crippen LogP contribution >= 0.6 is 11.8 Å². The lowest BCUT2D eigenvalue weighted by atomic mass is 10.0. The highest BCUT2D eigenvalue weighted by atomic mass is 32.2. The zero-order chi connectivity index (χ0) is 11.3. The maximum absolute atomic E-state index is 5.62. The van der Waals surface area contributed by atoms with Crippen LogP contribution in [0.5, 0.6) is 0 Å². The van der Waals surface area contributed by atoms with Gasteiger partial charge in [0.15, 0.2) is 5.09 Å². The lowest BCUT2D eigenvalue weighted by Crippen LogP contribution is -2.28. The van der Waals surface area contributed by atoms with Crippen LogP contribution in [0.2, 0.25) is 0 Å². The van der Waals surface area contributed by atoms with E-state index in [2.05, 4.69) is 6.92 Å². The molecule has 15 heavy (non-hydrogen) atoms. The largest absolute Gasteiger partial charge is 0.490 e. The molecule has 1 aliphatic rings. The highest BCUT2D eigenvalue weighted by Gasteiger charge is 2.39. The van der Waals surface area contributed by atoms with Gasteiger partial charge in [0.25, 0.3) is 0 Å². The molecule has 0 radical (unpaired) electrons. The summed E-state index contributed by atoms with van der Waals surface area (Å²) in [5.74, 6) is 0. The van der Waals surface area contributed by atoms with Crippen molar-refractivity contribution >= 4 is 11.8 Å². The van der Waals surface area contributed by atoms with Crippen LogP contribution < -0.4 is 5.73 Å². The third-order valence-electron chi connectivity index (χ3n) is 2.68. The molecule has 0 unspecified atom stereocenters. The number of ether oxygens (including phenoxy) is 2. The van der Waals surface area contributed by atoms with E-state index in [1.165, 1.54) is 5.57 Å². The van der Waals surface area contributed by atoms with Gasteiger partial charge in [0.05, 0.1) is 7.11 Å². The van der Waals surface area contributed by atoms with Gasteiger partial charge in [-0.05, 0) is 25.0 Å². The lowest BCUT2D eigenvalue weighted by Gasteiger charge is -2.26. The number of rotatable bonds is 6. The van der Waals surface area contributed by atoms with Crippen molar-refractivity contribution in [2.24, 2.45) is 5.73 Å². The van der Waals surface area contributed by atoms with E-state index in [1.807, 2.05) is 0 Å². The smallest absolute Gasteiger partial charge is 0.154 e. The van der Waals surface area contributed by atoms with Crippen molar-refractivity contribution in [1.29, 1.82) is 0 Å². The summed E-state index contributed by atoms with van der Waals surface area (Å²) in [5, 5.41) is 1.03. The fraction of sp³-hybridized carbons (Fsp3) is 0.818. The summed E-state index contributed by atoms with van der Waals surface area (Å²) in [6.07, 6.45) is 4.05. The summed E-state index contributed by atoms with van der Waals surface area (Å²) in [6, 6.07) is 0. The van der Waals surface area contributed by atoms with E-state index in [0.29, 0.717) is 6.54 Å². The van der Waals surface area contributed by atoms with Crippen molar-refractivity contribution in [2.75, 3.05) is 20.8 Å². The Bertz CT molecular complexity index is 243. The molecule has 0 aromatic carbocycles. The average Bonchev–Trinajstić information content (AvgIpc) is 2.59. The molecule has 1 atom stereocenters. The molecule has 0 saturated carbocycles. The first-order valence-electron chi connectivity index (χ1n) is 5.41. The second kappa shape index (κ2) is 5.77. The summed E-state index contributed by atoms with van der Waals surface area (Å²) in [4.78, 5) is -0.176. The minimum absolute atomic E-state index is 0.176. The molecule has 1 heterocycles. The summed E-state index contributed by atoms with van der Waals surface area (Å²) in [6.45, 7) is 2.83. The van der Waals surface area contributed by atoms with Crippen molar-refractivity contribution in [3.63, 3.8) is 0 Å². The fourth-order valence-electron chi connectivity index (χ4n) is 1.93. The Morgan fingerprint density at radius 2 is 2.20 bits per heavy atom. The molecule has 88 valence electrons. The molecule has 0 aliphatic carbocycles. The molecule has 0 fully saturated rings. The number of thioether (sulfide) groups is 1. The molecule has 4 heteroatoms. The maximum Gasteiger partial charge on any atom is 0.154 e. The van der Waals surface area contributed by atoms with E-state index in [0.717, 1.165) is 30.8 Å². The van der Waals surface area contributed by atoms with E-state index >= 15 is 0 Å². The Hall–Kier alpha value is -0.190. The molecule has 1 rings (SSSR count). The molecule has 0 spiro atoms. The summed E-state index contributed by atoms with van der Waals surface area (Å²) in [7, 11) is 3.48. The van der Waals surface area contributed by atoms with Crippen molar-refractivity contribution in [3.8, 4) is 0 Å². The maximum atomic E-state index is 5.62. The van der Waals surface area contributed by atoms with Crippen molar-refractivity contribution in [3.05, 3.63) is 10.7 Å². The molecule has 2 N–H and O–H groups in total. The molecule has 0 aromatic rings. The van der Waals surface area contributed by atoms with Crippen LogP contribution in [0, 0.1) is 0 Å². The van der Waals surface area contributed by atoms with Gasteiger partial charge in [-0.25, -0.2) is 0 Å². The van der Waals surface area contributed by atoms with Crippen molar-refractivity contribution in [2.45, 2.75) is 37.5 Å². The molecule has 0 amide bonds. The summed E-state index contributed by atoms with van der Waals surface area (Å²) < 4.78 is 11.0. The van der Waals surface area contributed by atoms with E-state index in [-0.39, 0.29) is 4.93 Å². The van der Waals surface area contributed by atoms with Crippen LogP contribution in [0.1, 0.15) is 32.6 Å². The number of hydrogen-bond donors (Lipinski definition) is 1. The van der Waals surface area contributed by atoms with Gasteiger partial charge in [-0.3, -0.25) is 0 Å². The van der Waals surface area contributed by atoms with Gasteiger partial charge in [0.2, 0.25) is 0 Å². The molecule has 0 bridgehead atoms. The number of hydrogen-bond acceptors (Lipinski definition) is 4.